The van der Waals surface area contributed by atoms with Gasteiger partial charge in [0, 0.05) is 11.1 Å². The summed E-state index contributed by atoms with van der Waals surface area (Å²) in [6.45, 7) is 4.19. The Balaban J connectivity index is 2.22. The van der Waals surface area contributed by atoms with Gasteiger partial charge in [-0.3, -0.25) is 0 Å². The monoisotopic (exact) mass is 322 g/mol. The van der Waals surface area contributed by atoms with Gasteiger partial charge < -0.3 is 14.8 Å². The number of imidazole rings is 1. The van der Waals surface area contributed by atoms with Crippen molar-refractivity contribution in [3.63, 3.8) is 0 Å². The number of aromatic nitrogens is 2. The molecule has 0 fully saturated rings. The largest absolute Gasteiger partial charge is 0.394 e. The first-order chi connectivity index (χ1) is 11.6. The first-order valence-electron chi connectivity index (χ1n) is 8.08. The Morgan fingerprint density at radius 3 is 2.29 bits per heavy atom. The fraction of sp³-hybridized carbons (Fsp3) is 0.250. The SMILES string of the molecule is Cc1cccc(C)c1-c1c(-c2ccccc2)ncn1C[C@@H](O)CO. The van der Waals surface area contributed by atoms with Gasteiger partial charge in [0.2, 0.25) is 0 Å². The van der Waals surface area contributed by atoms with Gasteiger partial charge in [0.15, 0.2) is 0 Å². The summed E-state index contributed by atoms with van der Waals surface area (Å²) >= 11 is 0. The Hall–Kier alpha value is -2.43. The number of benzene rings is 2. The molecular weight excluding hydrogens is 300 g/mol. The molecule has 0 aliphatic heterocycles. The fourth-order valence-corrected chi connectivity index (χ4v) is 3.06. The second kappa shape index (κ2) is 6.99. The molecule has 0 aliphatic carbocycles. The van der Waals surface area contributed by atoms with Crippen LogP contribution < -0.4 is 0 Å². The molecule has 1 atom stereocenters. The number of hydrogen-bond donors (Lipinski definition) is 2. The van der Waals surface area contributed by atoms with Crippen LogP contribution in [0, 0.1) is 13.8 Å². The molecule has 0 saturated heterocycles. The summed E-state index contributed by atoms with van der Waals surface area (Å²) < 4.78 is 1.93. The van der Waals surface area contributed by atoms with Crippen molar-refractivity contribution < 1.29 is 10.2 Å². The number of nitrogens with zero attached hydrogens (tertiary/aromatic N) is 2. The number of aliphatic hydroxyl groups is 2. The van der Waals surface area contributed by atoms with Gasteiger partial charge in [0.25, 0.3) is 0 Å². The van der Waals surface area contributed by atoms with E-state index in [0.29, 0.717) is 6.54 Å². The fourth-order valence-electron chi connectivity index (χ4n) is 3.06. The van der Waals surface area contributed by atoms with Gasteiger partial charge in [-0.05, 0) is 25.0 Å². The van der Waals surface area contributed by atoms with E-state index < -0.39 is 6.10 Å². The molecule has 3 aromatic rings. The highest BCUT2D eigenvalue weighted by atomic mass is 16.3. The third kappa shape index (κ3) is 3.11. The molecule has 0 saturated carbocycles. The van der Waals surface area contributed by atoms with E-state index in [1.807, 2.05) is 41.0 Å². The maximum atomic E-state index is 9.90. The van der Waals surface area contributed by atoms with Crippen molar-refractivity contribution in [1.29, 1.82) is 0 Å². The molecule has 1 heterocycles. The van der Waals surface area contributed by atoms with Crippen molar-refractivity contribution in [3.8, 4) is 22.5 Å². The summed E-state index contributed by atoms with van der Waals surface area (Å²) in [6, 6.07) is 16.2. The van der Waals surface area contributed by atoms with Crippen LogP contribution in [0.3, 0.4) is 0 Å². The lowest BCUT2D eigenvalue weighted by Crippen LogP contribution is -2.20. The first-order valence-corrected chi connectivity index (χ1v) is 8.08. The van der Waals surface area contributed by atoms with E-state index in [2.05, 4.69) is 31.0 Å². The van der Waals surface area contributed by atoms with Crippen molar-refractivity contribution >= 4 is 0 Å². The topological polar surface area (TPSA) is 58.3 Å². The van der Waals surface area contributed by atoms with Crippen molar-refractivity contribution in [1.82, 2.24) is 9.55 Å². The molecule has 0 amide bonds. The second-order valence-corrected chi connectivity index (χ2v) is 6.06. The summed E-state index contributed by atoms with van der Waals surface area (Å²) in [7, 11) is 0. The van der Waals surface area contributed by atoms with E-state index in [4.69, 9.17) is 0 Å². The highest BCUT2D eigenvalue weighted by Gasteiger charge is 2.19. The van der Waals surface area contributed by atoms with Crippen LogP contribution in [0.1, 0.15) is 11.1 Å². The molecule has 24 heavy (non-hydrogen) atoms. The van der Waals surface area contributed by atoms with Crippen LogP contribution >= 0.6 is 0 Å². The van der Waals surface area contributed by atoms with Gasteiger partial charge in [-0.25, -0.2) is 4.98 Å². The van der Waals surface area contributed by atoms with Crippen LogP contribution in [-0.4, -0.2) is 32.5 Å². The molecule has 0 radical (unpaired) electrons. The predicted octanol–water partition coefficient (Wildman–Crippen LogP) is 3.19. The molecule has 1 aromatic heterocycles. The molecule has 124 valence electrons. The molecule has 4 heteroatoms. The maximum absolute atomic E-state index is 9.90. The van der Waals surface area contributed by atoms with E-state index in [0.717, 1.165) is 33.6 Å². The normalized spacial score (nSPS) is 12.3. The Morgan fingerprint density at radius 2 is 1.67 bits per heavy atom. The predicted molar refractivity (Wildman–Crippen MR) is 95.7 cm³/mol. The van der Waals surface area contributed by atoms with E-state index in [-0.39, 0.29) is 6.61 Å². The molecular formula is C20H22N2O2. The Labute approximate surface area is 142 Å². The van der Waals surface area contributed by atoms with Crippen molar-refractivity contribution in [2.75, 3.05) is 6.61 Å². The second-order valence-electron chi connectivity index (χ2n) is 6.06. The third-order valence-electron chi connectivity index (χ3n) is 4.22. The summed E-state index contributed by atoms with van der Waals surface area (Å²) in [5.74, 6) is 0. The average Bonchev–Trinajstić information content (AvgIpc) is 2.99. The summed E-state index contributed by atoms with van der Waals surface area (Å²) in [5.41, 5.74) is 6.34. The quantitative estimate of drug-likeness (QED) is 0.758. The van der Waals surface area contributed by atoms with Gasteiger partial charge in [-0.2, -0.15) is 0 Å². The molecule has 4 nitrogen and oxygen atoms in total. The Bertz CT molecular complexity index is 805. The number of rotatable bonds is 5. The standard InChI is InChI=1S/C20H22N2O2/c1-14-7-6-8-15(2)18(14)20-19(16-9-4-3-5-10-16)21-13-22(20)11-17(24)12-23/h3-10,13,17,23-24H,11-12H2,1-2H3/t17-/m1/s1. The number of hydrogen-bond acceptors (Lipinski definition) is 3. The highest BCUT2D eigenvalue weighted by molar-refractivity contribution is 5.81. The zero-order valence-corrected chi connectivity index (χ0v) is 14.0. The van der Waals surface area contributed by atoms with Crippen LogP contribution in [0.15, 0.2) is 54.9 Å². The molecule has 2 N–H and O–H groups in total. The van der Waals surface area contributed by atoms with Gasteiger partial charge in [0.1, 0.15) is 0 Å². The molecule has 0 unspecified atom stereocenters. The van der Waals surface area contributed by atoms with Crippen LogP contribution in [0.4, 0.5) is 0 Å². The molecule has 0 bridgehead atoms. The van der Waals surface area contributed by atoms with E-state index >= 15 is 0 Å². The van der Waals surface area contributed by atoms with Crippen LogP contribution in [-0.2, 0) is 6.54 Å². The average molecular weight is 322 g/mol. The third-order valence-corrected chi connectivity index (χ3v) is 4.22. The summed E-state index contributed by atoms with van der Waals surface area (Å²) in [6.07, 6.45) is 0.925. The van der Waals surface area contributed by atoms with Crippen LogP contribution in [0.5, 0.6) is 0 Å². The lowest BCUT2D eigenvalue weighted by molar-refractivity contribution is 0.0815. The smallest absolute Gasteiger partial charge is 0.0963 e. The van der Waals surface area contributed by atoms with Gasteiger partial charge in [-0.15, -0.1) is 0 Å². The number of aryl methyl sites for hydroxylation is 2. The lowest BCUT2D eigenvalue weighted by Gasteiger charge is -2.17. The van der Waals surface area contributed by atoms with Crippen LogP contribution in [0.2, 0.25) is 0 Å². The minimum absolute atomic E-state index is 0.273. The van der Waals surface area contributed by atoms with Gasteiger partial charge in [-0.1, -0.05) is 48.5 Å². The van der Waals surface area contributed by atoms with Gasteiger partial charge in [0.05, 0.1) is 37.0 Å². The van der Waals surface area contributed by atoms with Crippen molar-refractivity contribution in [2.45, 2.75) is 26.5 Å². The Morgan fingerprint density at radius 1 is 1.00 bits per heavy atom. The minimum atomic E-state index is -0.814. The summed E-state index contributed by atoms with van der Waals surface area (Å²) in [5, 5.41) is 19.1. The molecule has 3 rings (SSSR count). The molecule has 0 spiro atoms. The van der Waals surface area contributed by atoms with E-state index in [1.54, 1.807) is 6.33 Å². The zero-order valence-electron chi connectivity index (χ0n) is 14.0. The first kappa shape index (κ1) is 16.4. The van der Waals surface area contributed by atoms with Gasteiger partial charge >= 0.3 is 0 Å². The number of aliphatic hydroxyl groups excluding tert-OH is 2. The van der Waals surface area contributed by atoms with E-state index in [9.17, 15) is 10.2 Å². The minimum Gasteiger partial charge on any atom is -0.394 e. The molecule has 0 aliphatic rings. The van der Waals surface area contributed by atoms with Crippen molar-refractivity contribution in [2.24, 2.45) is 0 Å². The Kier molecular flexibility index (Phi) is 4.79. The van der Waals surface area contributed by atoms with Crippen molar-refractivity contribution in [3.05, 3.63) is 66.0 Å². The zero-order chi connectivity index (χ0) is 17.1. The maximum Gasteiger partial charge on any atom is 0.0963 e. The molecule has 2 aromatic carbocycles. The lowest BCUT2D eigenvalue weighted by atomic mass is 9.96. The highest BCUT2D eigenvalue weighted by Crippen LogP contribution is 2.35. The van der Waals surface area contributed by atoms with Crippen LogP contribution in [0.25, 0.3) is 22.5 Å². The summed E-state index contributed by atoms with van der Waals surface area (Å²) in [4.78, 5) is 4.60. The van der Waals surface area contributed by atoms with E-state index in [1.165, 1.54) is 0 Å².